The molecule has 4 nitrogen and oxygen atoms in total. The highest BCUT2D eigenvalue weighted by Crippen LogP contribution is 2.26. The zero-order valence-corrected chi connectivity index (χ0v) is 10.5. The third kappa shape index (κ3) is 4.24. The number of halogens is 1. The summed E-state index contributed by atoms with van der Waals surface area (Å²) in [5.74, 6) is -0.0652. The van der Waals surface area contributed by atoms with Crippen molar-refractivity contribution in [3.05, 3.63) is 28.8 Å². The molecule has 1 aromatic carbocycles. The number of aliphatic hydroxyl groups excluding tert-OH is 1. The molecule has 5 heteroatoms. The maximum Gasteiger partial charge on any atom is 0.344 e. The molecule has 17 heavy (non-hydrogen) atoms. The van der Waals surface area contributed by atoms with Gasteiger partial charge in [0.25, 0.3) is 0 Å². The van der Waals surface area contributed by atoms with Gasteiger partial charge < -0.3 is 14.6 Å². The molecule has 0 aliphatic carbocycles. The van der Waals surface area contributed by atoms with E-state index in [1.165, 1.54) is 0 Å². The highest BCUT2D eigenvalue weighted by atomic mass is 35.5. The van der Waals surface area contributed by atoms with Gasteiger partial charge in [-0.25, -0.2) is 4.79 Å². The van der Waals surface area contributed by atoms with Crippen molar-refractivity contribution in [1.82, 2.24) is 0 Å². The molecule has 0 aliphatic heterocycles. The van der Waals surface area contributed by atoms with E-state index in [2.05, 4.69) is 0 Å². The van der Waals surface area contributed by atoms with Crippen LogP contribution in [-0.4, -0.2) is 23.8 Å². The molecule has 0 saturated carbocycles. The second kappa shape index (κ2) is 6.47. The van der Waals surface area contributed by atoms with E-state index in [1.807, 2.05) is 0 Å². The zero-order chi connectivity index (χ0) is 12.8. The number of aliphatic hydroxyl groups is 1. The van der Waals surface area contributed by atoms with Crippen LogP contribution in [0.5, 0.6) is 5.75 Å². The predicted molar refractivity (Wildman–Crippen MR) is 64.1 cm³/mol. The molecule has 0 bridgehead atoms. The van der Waals surface area contributed by atoms with Crippen LogP contribution in [0, 0.1) is 0 Å². The second-order valence-electron chi connectivity index (χ2n) is 3.70. The Bertz CT molecular complexity index is 390. The number of benzene rings is 1. The Hall–Kier alpha value is -1.26. The Kier molecular flexibility index (Phi) is 5.25. The molecular formula is C12H15ClO4. The maximum atomic E-state index is 11.3. The first kappa shape index (κ1) is 13.8. The first-order chi connectivity index (χ1) is 8.04. The molecule has 0 spiro atoms. The Morgan fingerprint density at radius 2 is 2.18 bits per heavy atom. The van der Waals surface area contributed by atoms with Gasteiger partial charge in [0.05, 0.1) is 12.7 Å². The van der Waals surface area contributed by atoms with Crippen LogP contribution in [0.25, 0.3) is 0 Å². The Labute approximate surface area is 105 Å². The summed E-state index contributed by atoms with van der Waals surface area (Å²) in [6, 6.07) is 4.97. The standard InChI is InChI=1S/C12H15ClO4/c1-8(2)17-12(15)7-16-11-5-3-4-10(13)9(11)6-14/h3-5,8,14H,6-7H2,1-2H3. The average Bonchev–Trinajstić information content (AvgIpc) is 2.25. The van der Waals surface area contributed by atoms with Crippen LogP contribution < -0.4 is 4.74 Å². The van der Waals surface area contributed by atoms with Crippen LogP contribution in [0.4, 0.5) is 0 Å². The van der Waals surface area contributed by atoms with Gasteiger partial charge in [-0.3, -0.25) is 0 Å². The highest BCUT2D eigenvalue weighted by molar-refractivity contribution is 6.31. The van der Waals surface area contributed by atoms with Crippen LogP contribution in [0.1, 0.15) is 19.4 Å². The summed E-state index contributed by atoms with van der Waals surface area (Å²) in [6.07, 6.45) is -0.178. The third-order valence-electron chi connectivity index (χ3n) is 1.95. The molecule has 0 aromatic heterocycles. The van der Waals surface area contributed by atoms with Crippen molar-refractivity contribution in [2.24, 2.45) is 0 Å². The topological polar surface area (TPSA) is 55.8 Å². The monoisotopic (exact) mass is 258 g/mol. The number of hydrogen-bond donors (Lipinski definition) is 1. The minimum atomic E-state index is -0.455. The van der Waals surface area contributed by atoms with Crippen molar-refractivity contribution in [2.45, 2.75) is 26.6 Å². The largest absolute Gasteiger partial charge is 0.481 e. The predicted octanol–water partition coefficient (Wildman–Crippen LogP) is 2.16. The molecule has 0 radical (unpaired) electrons. The van der Waals surface area contributed by atoms with Crippen LogP contribution in [-0.2, 0) is 16.1 Å². The second-order valence-corrected chi connectivity index (χ2v) is 4.11. The lowest BCUT2D eigenvalue weighted by Crippen LogP contribution is -2.19. The first-order valence-corrected chi connectivity index (χ1v) is 5.63. The normalized spacial score (nSPS) is 10.4. The van der Waals surface area contributed by atoms with Crippen LogP contribution in [0.2, 0.25) is 5.02 Å². The molecule has 0 amide bonds. The summed E-state index contributed by atoms with van der Waals surface area (Å²) in [4.78, 5) is 11.3. The van der Waals surface area contributed by atoms with E-state index >= 15 is 0 Å². The summed E-state index contributed by atoms with van der Waals surface area (Å²) >= 11 is 5.87. The summed E-state index contributed by atoms with van der Waals surface area (Å²) in [6.45, 7) is 3.08. The van der Waals surface area contributed by atoms with Crippen LogP contribution in [0.15, 0.2) is 18.2 Å². The average molecular weight is 259 g/mol. The van der Waals surface area contributed by atoms with Gasteiger partial charge in [-0.05, 0) is 26.0 Å². The van der Waals surface area contributed by atoms with Gasteiger partial charge in [0.1, 0.15) is 5.75 Å². The number of esters is 1. The molecule has 0 unspecified atom stereocenters. The van der Waals surface area contributed by atoms with Gasteiger partial charge in [-0.2, -0.15) is 0 Å². The van der Waals surface area contributed by atoms with Crippen molar-refractivity contribution in [3.63, 3.8) is 0 Å². The Morgan fingerprint density at radius 3 is 2.76 bits per heavy atom. The number of hydrogen-bond acceptors (Lipinski definition) is 4. The molecule has 0 atom stereocenters. The lowest BCUT2D eigenvalue weighted by atomic mass is 10.2. The fraction of sp³-hybridized carbons (Fsp3) is 0.417. The quantitative estimate of drug-likeness (QED) is 0.823. The SMILES string of the molecule is CC(C)OC(=O)COc1cccc(Cl)c1CO. The fourth-order valence-electron chi connectivity index (χ4n) is 1.26. The van der Waals surface area contributed by atoms with E-state index in [9.17, 15) is 4.79 Å². The minimum Gasteiger partial charge on any atom is -0.481 e. The highest BCUT2D eigenvalue weighted by Gasteiger charge is 2.10. The van der Waals surface area contributed by atoms with Gasteiger partial charge >= 0.3 is 5.97 Å². The fourth-order valence-corrected chi connectivity index (χ4v) is 1.49. The number of carbonyl (C=O) groups excluding carboxylic acids is 1. The lowest BCUT2D eigenvalue weighted by Gasteiger charge is -2.12. The summed E-state index contributed by atoms with van der Waals surface area (Å²) in [5, 5.41) is 9.53. The smallest absolute Gasteiger partial charge is 0.344 e. The van der Waals surface area contributed by atoms with E-state index in [0.29, 0.717) is 16.3 Å². The maximum absolute atomic E-state index is 11.3. The van der Waals surface area contributed by atoms with Crippen molar-refractivity contribution < 1.29 is 19.4 Å². The van der Waals surface area contributed by atoms with Crippen LogP contribution >= 0.6 is 11.6 Å². The van der Waals surface area contributed by atoms with E-state index in [0.717, 1.165) is 0 Å². The lowest BCUT2D eigenvalue weighted by molar-refractivity contribution is -0.149. The molecular weight excluding hydrogens is 244 g/mol. The van der Waals surface area contributed by atoms with E-state index < -0.39 is 5.97 Å². The van der Waals surface area contributed by atoms with E-state index in [4.69, 9.17) is 26.2 Å². The molecule has 0 saturated heterocycles. The van der Waals surface area contributed by atoms with Gasteiger partial charge in [0.15, 0.2) is 6.61 Å². The van der Waals surface area contributed by atoms with Crippen molar-refractivity contribution in [1.29, 1.82) is 0 Å². The van der Waals surface area contributed by atoms with Gasteiger partial charge in [0, 0.05) is 10.6 Å². The molecule has 1 N–H and O–H groups in total. The summed E-state index contributed by atoms with van der Waals surface area (Å²) < 4.78 is 10.2. The number of carbonyl (C=O) groups is 1. The van der Waals surface area contributed by atoms with Crippen molar-refractivity contribution in [2.75, 3.05) is 6.61 Å². The Balaban J connectivity index is 2.63. The molecule has 1 rings (SSSR count). The third-order valence-corrected chi connectivity index (χ3v) is 2.30. The molecule has 0 fully saturated rings. The van der Waals surface area contributed by atoms with Crippen molar-refractivity contribution in [3.8, 4) is 5.75 Å². The van der Waals surface area contributed by atoms with Gasteiger partial charge in [-0.15, -0.1) is 0 Å². The molecule has 0 aliphatic rings. The first-order valence-electron chi connectivity index (χ1n) is 5.25. The summed E-state index contributed by atoms with van der Waals surface area (Å²) in [7, 11) is 0. The molecule has 0 heterocycles. The van der Waals surface area contributed by atoms with Crippen LogP contribution in [0.3, 0.4) is 0 Å². The van der Waals surface area contributed by atoms with E-state index in [1.54, 1.807) is 32.0 Å². The zero-order valence-electron chi connectivity index (χ0n) is 9.77. The Morgan fingerprint density at radius 1 is 1.47 bits per heavy atom. The van der Waals surface area contributed by atoms with Gasteiger partial charge in [-0.1, -0.05) is 17.7 Å². The molecule has 94 valence electrons. The molecule has 1 aromatic rings. The van der Waals surface area contributed by atoms with Gasteiger partial charge in [0.2, 0.25) is 0 Å². The number of ether oxygens (including phenoxy) is 2. The minimum absolute atomic E-state index is 0.178. The van der Waals surface area contributed by atoms with Crippen molar-refractivity contribution >= 4 is 17.6 Å². The van der Waals surface area contributed by atoms with E-state index in [-0.39, 0.29) is 19.3 Å². The number of rotatable bonds is 5. The summed E-state index contributed by atoms with van der Waals surface area (Å²) in [5.41, 5.74) is 0.464.